The Morgan fingerprint density at radius 2 is 1.83 bits per heavy atom. The SMILES string of the molecule is CNC(=O)c1c(F)cnc2c([C@H](C)CNc3cc(-c4cnc(NC5CCN(CC(C)F)CC5)nc4)ncn3)cccc12. The number of pyridine rings is 1. The van der Waals surface area contributed by atoms with Gasteiger partial charge in [0.2, 0.25) is 5.95 Å². The highest BCUT2D eigenvalue weighted by atomic mass is 19.1. The van der Waals surface area contributed by atoms with Crippen molar-refractivity contribution in [2.45, 2.75) is 44.8 Å². The van der Waals surface area contributed by atoms with Gasteiger partial charge >= 0.3 is 0 Å². The first-order valence-corrected chi connectivity index (χ1v) is 14.1. The van der Waals surface area contributed by atoms with Crippen molar-refractivity contribution < 1.29 is 13.6 Å². The zero-order valence-electron chi connectivity index (χ0n) is 23.9. The summed E-state index contributed by atoms with van der Waals surface area (Å²) in [5, 5.41) is 9.70. The minimum atomic E-state index is -0.815. The highest BCUT2D eigenvalue weighted by Gasteiger charge is 2.21. The summed E-state index contributed by atoms with van der Waals surface area (Å²) in [6.45, 7) is 6.33. The van der Waals surface area contributed by atoms with Crippen molar-refractivity contribution in [3.8, 4) is 11.3 Å². The third kappa shape index (κ3) is 6.76. The van der Waals surface area contributed by atoms with E-state index in [4.69, 9.17) is 0 Å². The number of fused-ring (bicyclic) bond motifs is 1. The number of alkyl halides is 1. The Hall–Kier alpha value is -4.32. The summed E-state index contributed by atoms with van der Waals surface area (Å²) in [5.74, 6) is 0.0169. The molecular weight excluding hydrogens is 540 g/mol. The molecule has 3 N–H and O–H groups in total. The molecule has 2 atom stereocenters. The van der Waals surface area contributed by atoms with E-state index in [-0.39, 0.29) is 17.5 Å². The number of hydrogen-bond acceptors (Lipinski definition) is 9. The van der Waals surface area contributed by atoms with Gasteiger partial charge in [-0.1, -0.05) is 25.1 Å². The molecule has 42 heavy (non-hydrogen) atoms. The molecule has 10 nitrogen and oxygen atoms in total. The lowest BCUT2D eigenvalue weighted by Crippen LogP contribution is -2.41. The summed E-state index contributed by atoms with van der Waals surface area (Å²) >= 11 is 0. The molecule has 0 bridgehead atoms. The molecule has 1 saturated heterocycles. The Balaban J connectivity index is 1.22. The van der Waals surface area contributed by atoms with E-state index >= 15 is 0 Å². The zero-order valence-corrected chi connectivity index (χ0v) is 23.9. The standard InChI is InChI=1S/C30H35F2N9O/c1-18(22-5-4-6-23-27(29(42)33-3)24(32)15-35-28(22)23)12-34-26-11-25(38-17-39-26)20-13-36-30(37-14-20)40-21-7-9-41(10-8-21)16-19(2)31/h4-6,11,13-15,17-19,21H,7-10,12,16H2,1-3H3,(H,33,42)(H,34,38,39)(H,36,37,40)/t18-,19?/m1/s1. The average Bonchev–Trinajstić information content (AvgIpc) is 3.00. The molecule has 1 aromatic carbocycles. The van der Waals surface area contributed by atoms with Crippen molar-refractivity contribution in [2.24, 2.45) is 0 Å². The normalized spacial score (nSPS) is 15.7. The van der Waals surface area contributed by atoms with E-state index in [1.165, 1.54) is 13.4 Å². The van der Waals surface area contributed by atoms with Crippen LogP contribution in [0.3, 0.4) is 0 Å². The zero-order chi connectivity index (χ0) is 29.6. The number of nitrogens with one attached hydrogen (secondary N) is 3. The number of nitrogens with zero attached hydrogens (tertiary/aromatic N) is 6. The maximum absolute atomic E-state index is 14.4. The van der Waals surface area contributed by atoms with Gasteiger partial charge in [0.25, 0.3) is 5.91 Å². The predicted octanol–water partition coefficient (Wildman–Crippen LogP) is 4.43. The Bertz CT molecular complexity index is 1530. The van der Waals surface area contributed by atoms with Crippen molar-refractivity contribution in [3.63, 3.8) is 0 Å². The van der Waals surface area contributed by atoms with Gasteiger partial charge in [-0.3, -0.25) is 9.78 Å². The van der Waals surface area contributed by atoms with Crippen LogP contribution in [0.4, 0.5) is 20.5 Å². The maximum Gasteiger partial charge on any atom is 0.254 e. The van der Waals surface area contributed by atoms with Crippen LogP contribution in [-0.2, 0) is 0 Å². The monoisotopic (exact) mass is 575 g/mol. The first kappa shape index (κ1) is 29.2. The van der Waals surface area contributed by atoms with Crippen LogP contribution in [0.15, 0.2) is 49.2 Å². The fraction of sp³-hybridized carbons (Fsp3) is 0.400. The number of aromatic nitrogens is 5. The predicted molar refractivity (Wildman–Crippen MR) is 159 cm³/mol. The van der Waals surface area contributed by atoms with Crippen LogP contribution in [-0.4, -0.2) is 81.2 Å². The number of hydrogen-bond donors (Lipinski definition) is 3. The summed E-state index contributed by atoms with van der Waals surface area (Å²) in [4.78, 5) is 36.5. The topological polar surface area (TPSA) is 121 Å². The molecule has 3 aromatic heterocycles. The molecule has 0 spiro atoms. The van der Waals surface area contributed by atoms with E-state index in [9.17, 15) is 13.6 Å². The second-order valence-corrected chi connectivity index (χ2v) is 10.7. The largest absolute Gasteiger partial charge is 0.369 e. The summed E-state index contributed by atoms with van der Waals surface area (Å²) in [6.07, 6.45) is 7.05. The van der Waals surface area contributed by atoms with Crippen LogP contribution in [0, 0.1) is 5.82 Å². The number of benzene rings is 1. The van der Waals surface area contributed by atoms with Gasteiger partial charge in [0.05, 0.1) is 23.0 Å². The van der Waals surface area contributed by atoms with Crippen LogP contribution in [0.2, 0.25) is 0 Å². The lowest BCUT2D eigenvalue weighted by Gasteiger charge is -2.32. The van der Waals surface area contributed by atoms with Gasteiger partial charge in [-0.25, -0.2) is 28.7 Å². The van der Waals surface area contributed by atoms with E-state index in [0.29, 0.717) is 41.5 Å². The van der Waals surface area contributed by atoms with Gasteiger partial charge in [0, 0.05) is 74.6 Å². The minimum Gasteiger partial charge on any atom is -0.369 e. The summed E-state index contributed by atoms with van der Waals surface area (Å²) in [6, 6.07) is 7.53. The Morgan fingerprint density at radius 3 is 2.55 bits per heavy atom. The smallest absolute Gasteiger partial charge is 0.254 e. The van der Waals surface area contributed by atoms with Crippen molar-refractivity contribution in [2.75, 3.05) is 43.9 Å². The van der Waals surface area contributed by atoms with E-state index in [2.05, 4.69) is 45.8 Å². The number of likely N-dealkylation sites (tertiary alicyclic amines) is 1. The van der Waals surface area contributed by atoms with Crippen LogP contribution >= 0.6 is 0 Å². The molecule has 12 heteroatoms. The van der Waals surface area contributed by atoms with Gasteiger partial charge < -0.3 is 20.9 Å². The molecule has 0 saturated carbocycles. The van der Waals surface area contributed by atoms with Crippen molar-refractivity contribution in [1.29, 1.82) is 0 Å². The van der Waals surface area contributed by atoms with Crippen LogP contribution in [0.25, 0.3) is 22.2 Å². The number of carbonyl (C=O) groups excluding carboxylic acids is 1. The van der Waals surface area contributed by atoms with Crippen LogP contribution < -0.4 is 16.0 Å². The minimum absolute atomic E-state index is 0.0120. The van der Waals surface area contributed by atoms with E-state index < -0.39 is 17.9 Å². The third-order valence-electron chi connectivity index (χ3n) is 7.50. The fourth-order valence-corrected chi connectivity index (χ4v) is 5.29. The highest BCUT2D eigenvalue weighted by Crippen LogP contribution is 2.28. The summed E-state index contributed by atoms with van der Waals surface area (Å²) in [7, 11) is 1.47. The Morgan fingerprint density at radius 1 is 1.07 bits per heavy atom. The number of carbonyl (C=O) groups is 1. The van der Waals surface area contributed by atoms with Gasteiger partial charge in [0.1, 0.15) is 18.3 Å². The molecule has 1 aliphatic rings. The van der Waals surface area contributed by atoms with Gasteiger partial charge in [-0.2, -0.15) is 0 Å². The maximum atomic E-state index is 14.4. The molecule has 220 valence electrons. The third-order valence-corrected chi connectivity index (χ3v) is 7.50. The van der Waals surface area contributed by atoms with Gasteiger partial charge in [-0.15, -0.1) is 0 Å². The number of piperidine rings is 1. The lowest BCUT2D eigenvalue weighted by molar-refractivity contribution is 0.0960. The molecule has 5 rings (SSSR count). The first-order valence-electron chi connectivity index (χ1n) is 14.1. The van der Waals surface area contributed by atoms with Crippen molar-refractivity contribution in [3.05, 3.63) is 66.1 Å². The van der Waals surface area contributed by atoms with Gasteiger partial charge in [-0.05, 0) is 25.3 Å². The fourth-order valence-electron chi connectivity index (χ4n) is 5.29. The molecular formula is C30H35F2N9O. The number of anilines is 2. The second kappa shape index (κ2) is 13.1. The number of halogens is 2. The van der Waals surface area contributed by atoms with Crippen molar-refractivity contribution >= 4 is 28.6 Å². The van der Waals surface area contributed by atoms with Gasteiger partial charge in [0.15, 0.2) is 5.82 Å². The Kier molecular flexibility index (Phi) is 9.11. The summed E-state index contributed by atoms with van der Waals surface area (Å²) in [5.41, 5.74) is 2.90. The van der Waals surface area contributed by atoms with E-state index in [1.807, 2.05) is 19.1 Å². The molecule has 1 fully saturated rings. The van der Waals surface area contributed by atoms with E-state index in [0.717, 1.165) is 43.3 Å². The molecule has 1 unspecified atom stereocenters. The summed E-state index contributed by atoms with van der Waals surface area (Å²) < 4.78 is 27.7. The van der Waals surface area contributed by atoms with E-state index in [1.54, 1.807) is 31.5 Å². The average molecular weight is 576 g/mol. The number of para-hydroxylation sites is 1. The highest BCUT2D eigenvalue weighted by molar-refractivity contribution is 6.06. The first-order chi connectivity index (χ1) is 20.3. The molecule has 1 amide bonds. The molecule has 0 aliphatic carbocycles. The molecule has 4 heterocycles. The number of rotatable bonds is 10. The van der Waals surface area contributed by atoms with Crippen LogP contribution in [0.1, 0.15) is 48.5 Å². The molecule has 0 radical (unpaired) electrons. The molecule has 1 aliphatic heterocycles. The Labute approximate surface area is 243 Å². The molecule has 4 aromatic rings. The van der Waals surface area contributed by atoms with Crippen molar-refractivity contribution in [1.82, 2.24) is 35.1 Å². The second-order valence-electron chi connectivity index (χ2n) is 10.7. The quantitative estimate of drug-likeness (QED) is 0.252. The lowest BCUT2D eigenvalue weighted by atomic mass is 9.96. The number of amides is 1. The van der Waals surface area contributed by atoms with Crippen LogP contribution in [0.5, 0.6) is 0 Å².